The summed E-state index contributed by atoms with van der Waals surface area (Å²) >= 11 is 0. The van der Waals surface area contributed by atoms with E-state index in [1.165, 1.54) is 30.4 Å². The third-order valence-electron chi connectivity index (χ3n) is 4.71. The SMILES string of the molecule is N[C@@H]1CCCC[C@@H]1N(Cc1ccccc1)Cc1ccccc1. The van der Waals surface area contributed by atoms with Crippen LogP contribution in [0.25, 0.3) is 0 Å². The van der Waals surface area contributed by atoms with Crippen LogP contribution < -0.4 is 5.73 Å². The van der Waals surface area contributed by atoms with Gasteiger partial charge in [-0.1, -0.05) is 73.5 Å². The summed E-state index contributed by atoms with van der Waals surface area (Å²) < 4.78 is 0. The maximum atomic E-state index is 6.45. The van der Waals surface area contributed by atoms with Crippen molar-refractivity contribution in [3.63, 3.8) is 0 Å². The minimum Gasteiger partial charge on any atom is -0.326 e. The maximum Gasteiger partial charge on any atom is 0.0254 e. The van der Waals surface area contributed by atoms with E-state index in [1.807, 2.05) is 0 Å². The molecule has 1 fully saturated rings. The second kappa shape index (κ2) is 7.57. The normalized spacial score (nSPS) is 21.9. The van der Waals surface area contributed by atoms with Gasteiger partial charge in [-0.25, -0.2) is 0 Å². The van der Waals surface area contributed by atoms with Gasteiger partial charge in [0.2, 0.25) is 0 Å². The first-order chi connectivity index (χ1) is 10.8. The van der Waals surface area contributed by atoms with Crippen molar-refractivity contribution in [3.05, 3.63) is 71.8 Å². The summed E-state index contributed by atoms with van der Waals surface area (Å²) in [6.07, 6.45) is 4.96. The van der Waals surface area contributed by atoms with Crippen LogP contribution in [0.3, 0.4) is 0 Å². The number of hydrogen-bond donors (Lipinski definition) is 1. The Balaban J connectivity index is 1.78. The summed E-state index contributed by atoms with van der Waals surface area (Å²) in [4.78, 5) is 2.58. The number of benzene rings is 2. The fraction of sp³-hybridized carbons (Fsp3) is 0.400. The van der Waals surface area contributed by atoms with E-state index in [9.17, 15) is 0 Å². The third-order valence-corrected chi connectivity index (χ3v) is 4.71. The van der Waals surface area contributed by atoms with Gasteiger partial charge in [-0.3, -0.25) is 4.90 Å². The molecule has 3 rings (SSSR count). The Hall–Kier alpha value is -1.64. The Kier molecular flexibility index (Phi) is 5.25. The standard InChI is InChI=1S/C20H26N2/c21-19-13-7-8-14-20(19)22(15-17-9-3-1-4-10-17)16-18-11-5-2-6-12-18/h1-6,9-12,19-20H,7-8,13-16,21H2/t19-,20+/m1/s1. The van der Waals surface area contributed by atoms with Crippen LogP contribution in [0.5, 0.6) is 0 Å². The number of nitrogens with two attached hydrogens (primary N) is 1. The highest BCUT2D eigenvalue weighted by molar-refractivity contribution is 5.17. The highest BCUT2D eigenvalue weighted by Gasteiger charge is 2.27. The van der Waals surface area contributed by atoms with Crippen molar-refractivity contribution in [3.8, 4) is 0 Å². The summed E-state index contributed by atoms with van der Waals surface area (Å²) in [5.74, 6) is 0. The Morgan fingerprint density at radius 3 is 1.77 bits per heavy atom. The van der Waals surface area contributed by atoms with Crippen molar-refractivity contribution in [2.24, 2.45) is 5.73 Å². The molecule has 1 aliphatic carbocycles. The van der Waals surface area contributed by atoms with Crippen LogP contribution in [0.1, 0.15) is 36.8 Å². The highest BCUT2D eigenvalue weighted by atomic mass is 15.2. The zero-order valence-corrected chi connectivity index (χ0v) is 13.2. The molecule has 0 amide bonds. The number of rotatable bonds is 5. The monoisotopic (exact) mass is 294 g/mol. The van der Waals surface area contributed by atoms with Crippen LogP contribution in [-0.2, 0) is 13.1 Å². The lowest BCUT2D eigenvalue weighted by molar-refractivity contribution is 0.122. The summed E-state index contributed by atoms with van der Waals surface area (Å²) in [5.41, 5.74) is 9.19. The molecule has 0 radical (unpaired) electrons. The molecular formula is C20H26N2. The number of nitrogens with zero attached hydrogens (tertiary/aromatic N) is 1. The molecule has 2 N–H and O–H groups in total. The van der Waals surface area contributed by atoms with Gasteiger partial charge in [0, 0.05) is 25.2 Å². The summed E-state index contributed by atoms with van der Waals surface area (Å²) in [6, 6.07) is 22.3. The van der Waals surface area contributed by atoms with Gasteiger partial charge in [0.05, 0.1) is 0 Å². The molecule has 2 aromatic carbocycles. The molecule has 0 heterocycles. The predicted octanol–water partition coefficient (Wildman–Crippen LogP) is 3.96. The molecule has 22 heavy (non-hydrogen) atoms. The zero-order chi connectivity index (χ0) is 15.2. The topological polar surface area (TPSA) is 29.3 Å². The first-order valence-electron chi connectivity index (χ1n) is 8.40. The molecule has 2 aromatic rings. The molecule has 2 nitrogen and oxygen atoms in total. The molecule has 2 atom stereocenters. The summed E-state index contributed by atoms with van der Waals surface area (Å²) in [5, 5.41) is 0. The molecule has 0 spiro atoms. The third kappa shape index (κ3) is 3.96. The zero-order valence-electron chi connectivity index (χ0n) is 13.2. The smallest absolute Gasteiger partial charge is 0.0254 e. The minimum atomic E-state index is 0.307. The molecular weight excluding hydrogens is 268 g/mol. The predicted molar refractivity (Wildman–Crippen MR) is 92.4 cm³/mol. The molecule has 0 aromatic heterocycles. The minimum absolute atomic E-state index is 0.307. The molecule has 1 aliphatic rings. The number of hydrogen-bond acceptors (Lipinski definition) is 2. The van der Waals surface area contributed by atoms with E-state index in [4.69, 9.17) is 5.73 Å². The quantitative estimate of drug-likeness (QED) is 0.904. The molecule has 0 aliphatic heterocycles. The van der Waals surface area contributed by atoms with Crippen molar-refractivity contribution in [2.45, 2.75) is 50.9 Å². The Morgan fingerprint density at radius 2 is 1.27 bits per heavy atom. The van der Waals surface area contributed by atoms with Gasteiger partial charge in [-0.15, -0.1) is 0 Å². The average Bonchev–Trinajstić information content (AvgIpc) is 2.57. The second-order valence-electron chi connectivity index (χ2n) is 6.39. The Labute approximate surface area is 134 Å². The van der Waals surface area contributed by atoms with Gasteiger partial charge in [0.15, 0.2) is 0 Å². The van der Waals surface area contributed by atoms with Crippen LogP contribution >= 0.6 is 0 Å². The molecule has 0 unspecified atom stereocenters. The van der Waals surface area contributed by atoms with Gasteiger partial charge >= 0.3 is 0 Å². The van der Waals surface area contributed by atoms with Gasteiger partial charge in [-0.05, 0) is 24.0 Å². The molecule has 116 valence electrons. The van der Waals surface area contributed by atoms with Crippen molar-refractivity contribution in [1.82, 2.24) is 4.90 Å². The van der Waals surface area contributed by atoms with Crippen molar-refractivity contribution in [1.29, 1.82) is 0 Å². The van der Waals surface area contributed by atoms with E-state index in [0.29, 0.717) is 12.1 Å². The van der Waals surface area contributed by atoms with E-state index in [-0.39, 0.29) is 0 Å². The van der Waals surface area contributed by atoms with Gasteiger partial charge in [-0.2, -0.15) is 0 Å². The van der Waals surface area contributed by atoms with Gasteiger partial charge < -0.3 is 5.73 Å². The maximum absolute atomic E-state index is 6.45. The lowest BCUT2D eigenvalue weighted by Crippen LogP contribution is -2.48. The fourth-order valence-corrected chi connectivity index (χ4v) is 3.52. The molecule has 2 heteroatoms. The van der Waals surface area contributed by atoms with Crippen LogP contribution in [0.4, 0.5) is 0 Å². The summed E-state index contributed by atoms with van der Waals surface area (Å²) in [6.45, 7) is 1.96. The lowest BCUT2D eigenvalue weighted by Gasteiger charge is -2.38. The van der Waals surface area contributed by atoms with Gasteiger partial charge in [0.25, 0.3) is 0 Å². The highest BCUT2D eigenvalue weighted by Crippen LogP contribution is 2.25. The summed E-state index contributed by atoms with van der Waals surface area (Å²) in [7, 11) is 0. The molecule has 1 saturated carbocycles. The van der Waals surface area contributed by atoms with E-state index in [1.54, 1.807) is 0 Å². The first kappa shape index (κ1) is 15.3. The van der Waals surface area contributed by atoms with Crippen LogP contribution in [0.2, 0.25) is 0 Å². The van der Waals surface area contributed by atoms with Crippen molar-refractivity contribution < 1.29 is 0 Å². The van der Waals surface area contributed by atoms with Crippen LogP contribution in [-0.4, -0.2) is 17.0 Å². The lowest BCUT2D eigenvalue weighted by atomic mass is 9.89. The molecule has 0 bridgehead atoms. The Bertz CT molecular complexity index is 511. The van der Waals surface area contributed by atoms with Crippen LogP contribution in [0.15, 0.2) is 60.7 Å². The van der Waals surface area contributed by atoms with Gasteiger partial charge in [0.1, 0.15) is 0 Å². The van der Waals surface area contributed by atoms with E-state index < -0.39 is 0 Å². The largest absolute Gasteiger partial charge is 0.326 e. The molecule has 0 saturated heterocycles. The Morgan fingerprint density at radius 1 is 0.773 bits per heavy atom. The van der Waals surface area contributed by atoms with E-state index in [2.05, 4.69) is 65.6 Å². The second-order valence-corrected chi connectivity index (χ2v) is 6.39. The average molecular weight is 294 g/mol. The fourth-order valence-electron chi connectivity index (χ4n) is 3.52. The van der Waals surface area contributed by atoms with Crippen molar-refractivity contribution >= 4 is 0 Å². The van der Waals surface area contributed by atoms with Crippen molar-refractivity contribution in [2.75, 3.05) is 0 Å². The van der Waals surface area contributed by atoms with Crippen LogP contribution in [0, 0.1) is 0 Å². The van der Waals surface area contributed by atoms with E-state index in [0.717, 1.165) is 19.5 Å². The first-order valence-corrected chi connectivity index (χ1v) is 8.40. The van der Waals surface area contributed by atoms with E-state index >= 15 is 0 Å².